The Morgan fingerprint density at radius 3 is 2.56 bits per heavy atom. The average Bonchev–Trinajstić information content (AvgIpc) is 2.90. The van der Waals surface area contributed by atoms with Crippen LogP contribution >= 0.6 is 0 Å². The number of hydrogen-bond acceptors (Lipinski definition) is 3. The molecule has 0 saturated carbocycles. The van der Waals surface area contributed by atoms with E-state index in [9.17, 15) is 0 Å². The van der Waals surface area contributed by atoms with Crippen LogP contribution in [-0.4, -0.2) is 32.8 Å². The van der Waals surface area contributed by atoms with Crippen LogP contribution in [0.15, 0.2) is 53.5 Å². The first-order chi connectivity index (χ1) is 12.3. The number of fused-ring (bicyclic) bond motifs is 1. The highest BCUT2D eigenvalue weighted by Gasteiger charge is 2.10. The predicted octanol–water partition coefficient (Wildman–Crippen LogP) is 2.76. The van der Waals surface area contributed by atoms with Gasteiger partial charge < -0.3 is 20.1 Å². The van der Waals surface area contributed by atoms with Gasteiger partial charge in [0.15, 0.2) is 17.5 Å². The van der Waals surface area contributed by atoms with Gasteiger partial charge in [-0.2, -0.15) is 0 Å². The molecule has 0 atom stereocenters. The third-order valence-corrected chi connectivity index (χ3v) is 4.04. The lowest BCUT2D eigenvalue weighted by Gasteiger charge is -2.13. The van der Waals surface area contributed by atoms with E-state index in [4.69, 9.17) is 9.47 Å². The summed E-state index contributed by atoms with van der Waals surface area (Å²) < 4.78 is 11.4. The Morgan fingerprint density at radius 1 is 0.960 bits per heavy atom. The van der Waals surface area contributed by atoms with Crippen molar-refractivity contribution in [3.8, 4) is 11.5 Å². The van der Waals surface area contributed by atoms with E-state index in [-0.39, 0.29) is 0 Å². The zero-order chi connectivity index (χ0) is 17.3. The molecule has 0 aromatic heterocycles. The van der Waals surface area contributed by atoms with Gasteiger partial charge in [0.2, 0.25) is 0 Å². The average molecular weight is 339 g/mol. The molecule has 132 valence electrons. The van der Waals surface area contributed by atoms with E-state index in [1.165, 1.54) is 5.56 Å². The Labute approximate surface area is 149 Å². The van der Waals surface area contributed by atoms with Crippen LogP contribution in [0.5, 0.6) is 11.5 Å². The van der Waals surface area contributed by atoms with E-state index in [1.807, 2.05) is 18.2 Å². The fraction of sp³-hybridized carbons (Fsp3) is 0.350. The van der Waals surface area contributed by atoms with E-state index in [0.29, 0.717) is 19.8 Å². The van der Waals surface area contributed by atoms with Crippen LogP contribution in [0.4, 0.5) is 0 Å². The van der Waals surface area contributed by atoms with Crippen LogP contribution in [-0.2, 0) is 13.0 Å². The lowest BCUT2D eigenvalue weighted by Crippen LogP contribution is -2.37. The zero-order valence-electron chi connectivity index (χ0n) is 14.6. The molecule has 0 bridgehead atoms. The molecule has 0 radical (unpaired) electrons. The van der Waals surface area contributed by atoms with Crippen molar-refractivity contribution in [2.24, 2.45) is 4.99 Å². The maximum absolute atomic E-state index is 5.74. The minimum Gasteiger partial charge on any atom is -0.490 e. The monoisotopic (exact) mass is 339 g/mol. The highest BCUT2D eigenvalue weighted by atomic mass is 16.5. The highest BCUT2D eigenvalue weighted by Crippen LogP contribution is 2.30. The minimum atomic E-state index is 0.682. The second-order valence-electron chi connectivity index (χ2n) is 5.92. The summed E-state index contributed by atoms with van der Waals surface area (Å²) in [5.74, 6) is 2.44. The molecule has 0 fully saturated rings. The first-order valence-electron chi connectivity index (χ1n) is 8.72. The molecule has 1 aliphatic heterocycles. The van der Waals surface area contributed by atoms with Gasteiger partial charge in [0.05, 0.1) is 13.2 Å². The molecule has 0 aliphatic carbocycles. The maximum Gasteiger partial charge on any atom is 0.191 e. The molecule has 0 saturated heterocycles. The summed E-state index contributed by atoms with van der Waals surface area (Å²) in [7, 11) is 1.78. The topological polar surface area (TPSA) is 54.9 Å². The summed E-state index contributed by atoms with van der Waals surface area (Å²) in [6.45, 7) is 2.93. The standard InChI is InChI=1S/C20H25N3O2/c1-21-20(22-11-10-16-6-3-2-4-7-16)23-15-17-8-9-18-19(14-17)25-13-5-12-24-18/h2-4,6-9,14H,5,10-13,15H2,1H3,(H2,21,22,23). The van der Waals surface area contributed by atoms with E-state index < -0.39 is 0 Å². The van der Waals surface area contributed by atoms with Gasteiger partial charge in [-0.3, -0.25) is 4.99 Å². The number of aliphatic imine (C=N–C) groups is 1. The second kappa shape index (κ2) is 8.97. The molecule has 2 aromatic rings. The minimum absolute atomic E-state index is 0.682. The van der Waals surface area contributed by atoms with Crippen LogP contribution in [0.2, 0.25) is 0 Å². The lowest BCUT2D eigenvalue weighted by atomic mass is 10.1. The van der Waals surface area contributed by atoms with Crippen molar-refractivity contribution < 1.29 is 9.47 Å². The van der Waals surface area contributed by atoms with Crippen LogP contribution in [0.25, 0.3) is 0 Å². The van der Waals surface area contributed by atoms with Crippen molar-refractivity contribution in [1.29, 1.82) is 0 Å². The van der Waals surface area contributed by atoms with Crippen molar-refractivity contribution >= 4 is 5.96 Å². The van der Waals surface area contributed by atoms with E-state index >= 15 is 0 Å². The van der Waals surface area contributed by atoms with Crippen LogP contribution < -0.4 is 20.1 Å². The second-order valence-corrected chi connectivity index (χ2v) is 5.92. The molecule has 0 amide bonds. The molecule has 0 unspecified atom stereocenters. The number of guanidine groups is 1. The van der Waals surface area contributed by atoms with E-state index in [1.54, 1.807) is 7.05 Å². The molecule has 2 N–H and O–H groups in total. The SMILES string of the molecule is CN=C(NCCc1ccccc1)NCc1ccc2c(c1)OCCCO2. The van der Waals surface area contributed by atoms with E-state index in [0.717, 1.165) is 42.4 Å². The van der Waals surface area contributed by atoms with Gasteiger partial charge in [-0.15, -0.1) is 0 Å². The van der Waals surface area contributed by atoms with Gasteiger partial charge in [-0.05, 0) is 29.7 Å². The Kier molecular flexibility index (Phi) is 6.15. The van der Waals surface area contributed by atoms with E-state index in [2.05, 4.69) is 46.0 Å². The first-order valence-corrected chi connectivity index (χ1v) is 8.72. The molecular weight excluding hydrogens is 314 g/mol. The van der Waals surface area contributed by atoms with Crippen LogP contribution in [0.3, 0.4) is 0 Å². The van der Waals surface area contributed by atoms with Gasteiger partial charge in [0.1, 0.15) is 0 Å². The van der Waals surface area contributed by atoms with Gasteiger partial charge in [0, 0.05) is 26.6 Å². The summed E-state index contributed by atoms with van der Waals surface area (Å²) in [6, 6.07) is 16.5. The fourth-order valence-electron chi connectivity index (χ4n) is 2.69. The Balaban J connectivity index is 1.48. The molecular formula is C20H25N3O2. The number of benzene rings is 2. The van der Waals surface area contributed by atoms with Crippen molar-refractivity contribution in [3.63, 3.8) is 0 Å². The molecule has 1 heterocycles. The lowest BCUT2D eigenvalue weighted by molar-refractivity contribution is 0.297. The summed E-state index contributed by atoms with van der Waals surface area (Å²) in [6.07, 6.45) is 1.88. The molecule has 2 aromatic carbocycles. The Morgan fingerprint density at radius 2 is 1.76 bits per heavy atom. The van der Waals surface area contributed by atoms with Crippen molar-refractivity contribution in [1.82, 2.24) is 10.6 Å². The largest absolute Gasteiger partial charge is 0.490 e. The summed E-state index contributed by atoms with van der Waals surface area (Å²) in [4.78, 5) is 4.28. The number of nitrogens with one attached hydrogen (secondary N) is 2. The molecule has 25 heavy (non-hydrogen) atoms. The van der Waals surface area contributed by atoms with Gasteiger partial charge in [0.25, 0.3) is 0 Å². The van der Waals surface area contributed by atoms with Gasteiger partial charge in [-0.1, -0.05) is 36.4 Å². The number of ether oxygens (including phenoxy) is 2. The molecule has 5 nitrogen and oxygen atoms in total. The molecule has 5 heteroatoms. The molecule has 1 aliphatic rings. The number of hydrogen-bond donors (Lipinski definition) is 2. The first kappa shape index (κ1) is 17.1. The predicted molar refractivity (Wildman–Crippen MR) is 100 cm³/mol. The molecule has 3 rings (SSSR count). The van der Waals surface area contributed by atoms with Crippen LogP contribution in [0, 0.1) is 0 Å². The summed E-state index contributed by atoms with van der Waals surface area (Å²) in [5.41, 5.74) is 2.45. The van der Waals surface area contributed by atoms with Crippen molar-refractivity contribution in [2.45, 2.75) is 19.4 Å². The fourth-order valence-corrected chi connectivity index (χ4v) is 2.69. The van der Waals surface area contributed by atoms with Crippen molar-refractivity contribution in [3.05, 3.63) is 59.7 Å². The smallest absolute Gasteiger partial charge is 0.191 e. The normalized spacial score (nSPS) is 13.9. The van der Waals surface area contributed by atoms with Gasteiger partial charge >= 0.3 is 0 Å². The summed E-state index contributed by atoms with van der Waals surface area (Å²) >= 11 is 0. The highest BCUT2D eigenvalue weighted by molar-refractivity contribution is 5.79. The zero-order valence-corrected chi connectivity index (χ0v) is 14.6. The number of nitrogens with zero attached hydrogens (tertiary/aromatic N) is 1. The maximum atomic E-state index is 5.74. The van der Waals surface area contributed by atoms with Gasteiger partial charge in [-0.25, -0.2) is 0 Å². The molecule has 0 spiro atoms. The van der Waals surface area contributed by atoms with Crippen molar-refractivity contribution in [2.75, 3.05) is 26.8 Å². The Bertz CT molecular complexity index is 701. The number of rotatable bonds is 5. The summed E-state index contributed by atoms with van der Waals surface area (Å²) in [5, 5.41) is 6.68. The Hall–Kier alpha value is -2.69. The third kappa shape index (κ3) is 5.14. The van der Waals surface area contributed by atoms with Crippen LogP contribution in [0.1, 0.15) is 17.5 Å². The quantitative estimate of drug-likeness (QED) is 0.650. The third-order valence-electron chi connectivity index (χ3n) is 4.04.